The Labute approximate surface area is 199 Å². The molecule has 10 heteroatoms. The van der Waals surface area contributed by atoms with Crippen LogP contribution in [0.15, 0.2) is 41.3 Å². The number of carbonyl (C=O) groups is 2. The van der Waals surface area contributed by atoms with Crippen LogP contribution in [0.1, 0.15) is 24.5 Å². The first-order valence-corrected chi connectivity index (χ1v) is 12.7. The number of hydrogen-bond donors (Lipinski definition) is 1. The molecule has 34 heavy (non-hydrogen) atoms. The Morgan fingerprint density at radius 3 is 2.47 bits per heavy atom. The summed E-state index contributed by atoms with van der Waals surface area (Å²) in [5.41, 5.74) is 2.04. The summed E-state index contributed by atoms with van der Waals surface area (Å²) in [6, 6.07) is 10.7. The lowest BCUT2D eigenvalue weighted by Gasteiger charge is -2.34. The van der Waals surface area contributed by atoms with Crippen LogP contribution in [-0.4, -0.2) is 68.8 Å². The van der Waals surface area contributed by atoms with Crippen molar-refractivity contribution in [2.45, 2.75) is 37.7 Å². The maximum Gasteiger partial charge on any atom is 0.265 e. The number of methoxy groups -OCH3 is 1. The SMILES string of the molecule is COc1ccc(CCC(=O)N2CCN(S(=O)(=O)c3cc4c(cc3C)NC(=O)C(C)O4)CC2)cc1. The molecule has 2 aliphatic rings. The third-order valence-electron chi connectivity index (χ3n) is 6.20. The summed E-state index contributed by atoms with van der Waals surface area (Å²) in [4.78, 5) is 26.4. The van der Waals surface area contributed by atoms with Gasteiger partial charge >= 0.3 is 0 Å². The van der Waals surface area contributed by atoms with E-state index in [9.17, 15) is 18.0 Å². The lowest BCUT2D eigenvalue weighted by atomic mass is 10.1. The molecule has 1 fully saturated rings. The minimum Gasteiger partial charge on any atom is -0.497 e. The molecule has 2 amide bonds. The standard InChI is InChI=1S/C24H29N3O6S/c1-16-14-20-21(33-17(2)24(29)25-20)15-22(16)34(30,31)27-12-10-26(11-13-27)23(28)9-6-18-4-7-19(32-3)8-5-18/h4-5,7-8,14-15,17H,6,9-13H2,1-3H3,(H,25,29). The Morgan fingerprint density at radius 1 is 1.15 bits per heavy atom. The molecule has 182 valence electrons. The van der Waals surface area contributed by atoms with Crippen LogP contribution in [0.2, 0.25) is 0 Å². The van der Waals surface area contributed by atoms with Crippen LogP contribution in [0.5, 0.6) is 11.5 Å². The number of hydrogen-bond acceptors (Lipinski definition) is 6. The summed E-state index contributed by atoms with van der Waals surface area (Å²) in [6.07, 6.45) is 0.285. The number of amides is 2. The minimum absolute atomic E-state index is 0.0101. The van der Waals surface area contributed by atoms with Gasteiger partial charge in [-0.2, -0.15) is 4.31 Å². The number of anilines is 1. The van der Waals surface area contributed by atoms with E-state index in [1.807, 2.05) is 24.3 Å². The largest absolute Gasteiger partial charge is 0.497 e. The van der Waals surface area contributed by atoms with Crippen molar-refractivity contribution < 1.29 is 27.5 Å². The Bertz CT molecular complexity index is 1190. The van der Waals surface area contributed by atoms with E-state index in [4.69, 9.17) is 9.47 Å². The Kier molecular flexibility index (Phi) is 6.81. The molecule has 1 saturated heterocycles. The van der Waals surface area contributed by atoms with Gasteiger partial charge in [-0.15, -0.1) is 0 Å². The topological polar surface area (TPSA) is 105 Å². The number of ether oxygens (including phenoxy) is 2. The number of sulfonamides is 1. The Morgan fingerprint density at radius 2 is 1.82 bits per heavy atom. The van der Waals surface area contributed by atoms with Gasteiger partial charge in [0.25, 0.3) is 5.91 Å². The molecule has 2 aromatic carbocycles. The summed E-state index contributed by atoms with van der Waals surface area (Å²) < 4.78 is 38.8. The summed E-state index contributed by atoms with van der Waals surface area (Å²) in [5.74, 6) is 0.849. The van der Waals surface area contributed by atoms with E-state index in [1.54, 1.807) is 31.9 Å². The Balaban J connectivity index is 1.38. The van der Waals surface area contributed by atoms with Crippen molar-refractivity contribution in [3.8, 4) is 11.5 Å². The molecule has 1 atom stereocenters. The Hall–Kier alpha value is -3.11. The predicted octanol–water partition coefficient (Wildman–Crippen LogP) is 2.19. The van der Waals surface area contributed by atoms with Gasteiger partial charge in [0.1, 0.15) is 11.5 Å². The number of nitrogens with one attached hydrogen (secondary N) is 1. The van der Waals surface area contributed by atoms with E-state index in [2.05, 4.69) is 5.32 Å². The van der Waals surface area contributed by atoms with Crippen LogP contribution in [0.4, 0.5) is 5.69 Å². The second-order valence-electron chi connectivity index (χ2n) is 8.50. The van der Waals surface area contributed by atoms with Crippen molar-refractivity contribution in [3.63, 3.8) is 0 Å². The molecule has 2 aliphatic heterocycles. The smallest absolute Gasteiger partial charge is 0.265 e. The van der Waals surface area contributed by atoms with Gasteiger partial charge in [-0.1, -0.05) is 12.1 Å². The van der Waals surface area contributed by atoms with Crippen molar-refractivity contribution in [2.24, 2.45) is 0 Å². The molecule has 0 bridgehead atoms. The fraction of sp³-hybridized carbons (Fsp3) is 0.417. The molecule has 0 radical (unpaired) electrons. The van der Waals surface area contributed by atoms with E-state index >= 15 is 0 Å². The molecule has 2 aromatic rings. The monoisotopic (exact) mass is 487 g/mol. The molecule has 1 unspecified atom stereocenters. The van der Waals surface area contributed by atoms with Crippen molar-refractivity contribution in [3.05, 3.63) is 47.5 Å². The van der Waals surface area contributed by atoms with Crippen LogP contribution in [0.3, 0.4) is 0 Å². The zero-order valence-electron chi connectivity index (χ0n) is 19.5. The average Bonchev–Trinajstić information content (AvgIpc) is 2.83. The summed E-state index contributed by atoms with van der Waals surface area (Å²) in [5, 5.41) is 2.73. The average molecular weight is 488 g/mol. The zero-order chi connectivity index (χ0) is 24.5. The van der Waals surface area contributed by atoms with Gasteiger partial charge in [0, 0.05) is 38.7 Å². The third-order valence-corrected chi connectivity index (χ3v) is 8.24. The second kappa shape index (κ2) is 9.63. The van der Waals surface area contributed by atoms with Crippen LogP contribution in [0.25, 0.3) is 0 Å². The van der Waals surface area contributed by atoms with Crippen molar-refractivity contribution in [1.82, 2.24) is 9.21 Å². The number of carbonyl (C=O) groups excluding carboxylic acids is 2. The van der Waals surface area contributed by atoms with E-state index in [1.165, 1.54) is 10.4 Å². The molecular formula is C24H29N3O6S. The molecule has 1 N–H and O–H groups in total. The lowest BCUT2D eigenvalue weighted by Crippen LogP contribution is -2.50. The molecular weight excluding hydrogens is 458 g/mol. The predicted molar refractivity (Wildman–Crippen MR) is 127 cm³/mol. The fourth-order valence-electron chi connectivity index (χ4n) is 4.14. The maximum absolute atomic E-state index is 13.3. The molecule has 9 nitrogen and oxygen atoms in total. The van der Waals surface area contributed by atoms with E-state index in [-0.39, 0.29) is 29.8 Å². The summed E-state index contributed by atoms with van der Waals surface area (Å²) in [6.45, 7) is 4.43. The molecule has 2 heterocycles. The lowest BCUT2D eigenvalue weighted by molar-refractivity contribution is -0.132. The second-order valence-corrected chi connectivity index (χ2v) is 10.4. The first kappa shape index (κ1) is 24.0. The van der Waals surface area contributed by atoms with Gasteiger partial charge in [0.2, 0.25) is 15.9 Å². The fourth-order valence-corrected chi connectivity index (χ4v) is 5.78. The zero-order valence-corrected chi connectivity index (χ0v) is 20.4. The number of benzene rings is 2. The van der Waals surface area contributed by atoms with E-state index < -0.39 is 16.1 Å². The maximum atomic E-state index is 13.3. The molecule has 0 aliphatic carbocycles. The number of fused-ring (bicyclic) bond motifs is 1. The number of rotatable bonds is 6. The highest BCUT2D eigenvalue weighted by atomic mass is 32.2. The highest BCUT2D eigenvalue weighted by Gasteiger charge is 2.33. The van der Waals surface area contributed by atoms with Gasteiger partial charge in [-0.3, -0.25) is 9.59 Å². The van der Waals surface area contributed by atoms with Gasteiger partial charge in [0.05, 0.1) is 17.7 Å². The highest BCUT2D eigenvalue weighted by Crippen LogP contribution is 2.35. The van der Waals surface area contributed by atoms with Crippen LogP contribution >= 0.6 is 0 Å². The minimum atomic E-state index is -3.78. The molecule has 0 aromatic heterocycles. The van der Waals surface area contributed by atoms with Gasteiger partial charge < -0.3 is 19.7 Å². The van der Waals surface area contributed by atoms with E-state index in [0.29, 0.717) is 42.9 Å². The summed E-state index contributed by atoms with van der Waals surface area (Å²) >= 11 is 0. The van der Waals surface area contributed by atoms with Crippen molar-refractivity contribution >= 4 is 27.5 Å². The quantitative estimate of drug-likeness (QED) is 0.670. The number of nitrogens with zero attached hydrogens (tertiary/aromatic N) is 2. The number of piperazine rings is 1. The third kappa shape index (κ3) is 4.88. The van der Waals surface area contributed by atoms with Gasteiger partial charge in [-0.25, -0.2) is 8.42 Å². The molecule has 0 spiro atoms. The first-order chi connectivity index (χ1) is 16.2. The first-order valence-electron chi connectivity index (χ1n) is 11.2. The van der Waals surface area contributed by atoms with Gasteiger partial charge in [0.15, 0.2) is 6.10 Å². The van der Waals surface area contributed by atoms with Crippen LogP contribution < -0.4 is 14.8 Å². The molecule has 0 saturated carbocycles. The van der Waals surface area contributed by atoms with Crippen molar-refractivity contribution in [2.75, 3.05) is 38.6 Å². The van der Waals surface area contributed by atoms with Crippen molar-refractivity contribution in [1.29, 1.82) is 0 Å². The number of aryl methyl sites for hydroxylation is 2. The molecule has 4 rings (SSSR count). The van der Waals surface area contributed by atoms with Gasteiger partial charge in [-0.05, 0) is 49.6 Å². The van der Waals surface area contributed by atoms with Crippen LogP contribution in [-0.2, 0) is 26.0 Å². The van der Waals surface area contributed by atoms with Crippen LogP contribution in [0, 0.1) is 6.92 Å². The highest BCUT2D eigenvalue weighted by molar-refractivity contribution is 7.89. The summed E-state index contributed by atoms with van der Waals surface area (Å²) in [7, 11) is -2.17. The van der Waals surface area contributed by atoms with E-state index in [0.717, 1.165) is 11.3 Å². The normalized spacial score (nSPS) is 18.6.